The minimum absolute atomic E-state index is 0.488. The third kappa shape index (κ3) is 3.96. The predicted molar refractivity (Wildman–Crippen MR) is 110 cm³/mol. The lowest BCUT2D eigenvalue weighted by molar-refractivity contribution is 1.31. The standard InChI is InChI=1S/C21H18ClN3S/c1-13-4-6-16(8-15(13)3)20-12-26-21(25-20)17(10-23)11-24-18-7-5-14(2)19(22)9-18/h4-9,11-12,24H,1-3H3/b17-11+. The quantitative estimate of drug-likeness (QED) is 0.536. The Balaban J connectivity index is 1.84. The second kappa shape index (κ2) is 7.74. The Hall–Kier alpha value is -2.61. The summed E-state index contributed by atoms with van der Waals surface area (Å²) in [5.41, 5.74) is 6.76. The van der Waals surface area contributed by atoms with E-state index in [2.05, 4.69) is 48.4 Å². The Morgan fingerprint density at radius 1 is 1.12 bits per heavy atom. The minimum Gasteiger partial charge on any atom is -0.360 e. The number of nitrogens with zero attached hydrogens (tertiary/aromatic N) is 2. The molecule has 0 saturated carbocycles. The van der Waals surface area contributed by atoms with Crippen LogP contribution in [0.15, 0.2) is 48.0 Å². The number of nitriles is 1. The first kappa shape index (κ1) is 18.2. The van der Waals surface area contributed by atoms with Crippen LogP contribution in [0.5, 0.6) is 0 Å². The Morgan fingerprint density at radius 2 is 1.88 bits per heavy atom. The van der Waals surface area contributed by atoms with Crippen molar-refractivity contribution in [2.45, 2.75) is 20.8 Å². The van der Waals surface area contributed by atoms with Gasteiger partial charge in [-0.3, -0.25) is 0 Å². The molecule has 1 heterocycles. The first-order chi connectivity index (χ1) is 12.5. The zero-order valence-corrected chi connectivity index (χ0v) is 16.4. The summed E-state index contributed by atoms with van der Waals surface area (Å²) in [5.74, 6) is 0. The number of rotatable bonds is 4. The van der Waals surface area contributed by atoms with Gasteiger partial charge in [0.25, 0.3) is 0 Å². The Morgan fingerprint density at radius 3 is 2.58 bits per heavy atom. The second-order valence-electron chi connectivity index (χ2n) is 6.12. The van der Waals surface area contributed by atoms with Crippen LogP contribution >= 0.6 is 22.9 Å². The topological polar surface area (TPSA) is 48.7 Å². The summed E-state index contributed by atoms with van der Waals surface area (Å²) in [5, 5.41) is 16.0. The van der Waals surface area contributed by atoms with Crippen molar-refractivity contribution in [1.29, 1.82) is 5.26 Å². The van der Waals surface area contributed by atoms with Gasteiger partial charge in [0.05, 0.1) is 5.69 Å². The zero-order valence-electron chi connectivity index (χ0n) is 14.8. The van der Waals surface area contributed by atoms with Crippen LogP contribution in [0, 0.1) is 32.1 Å². The highest BCUT2D eigenvalue weighted by Gasteiger charge is 2.10. The van der Waals surface area contributed by atoms with Crippen molar-refractivity contribution in [1.82, 2.24) is 4.98 Å². The molecule has 0 saturated heterocycles. The lowest BCUT2D eigenvalue weighted by Gasteiger charge is -2.04. The Kier molecular flexibility index (Phi) is 5.41. The first-order valence-corrected chi connectivity index (χ1v) is 9.40. The van der Waals surface area contributed by atoms with Gasteiger partial charge in [-0.15, -0.1) is 11.3 Å². The van der Waals surface area contributed by atoms with Crippen molar-refractivity contribution < 1.29 is 0 Å². The number of thiazole rings is 1. The molecular formula is C21H18ClN3S. The summed E-state index contributed by atoms with van der Waals surface area (Å²) in [6.45, 7) is 6.13. The Bertz CT molecular complexity index is 1030. The van der Waals surface area contributed by atoms with E-state index in [0.717, 1.165) is 22.5 Å². The SMILES string of the molecule is Cc1ccc(-c2csc(/C(C#N)=C/Nc3ccc(C)c(Cl)c3)n2)cc1C. The third-order valence-corrected chi connectivity index (χ3v) is 5.50. The van der Waals surface area contributed by atoms with Gasteiger partial charge >= 0.3 is 0 Å². The molecule has 3 aromatic rings. The van der Waals surface area contributed by atoms with Crippen LogP contribution in [-0.4, -0.2) is 4.98 Å². The van der Waals surface area contributed by atoms with E-state index >= 15 is 0 Å². The largest absolute Gasteiger partial charge is 0.360 e. The molecule has 5 heteroatoms. The van der Waals surface area contributed by atoms with E-state index in [1.807, 2.05) is 30.5 Å². The molecule has 3 nitrogen and oxygen atoms in total. The molecule has 130 valence electrons. The number of aryl methyl sites for hydroxylation is 3. The number of anilines is 1. The van der Waals surface area contributed by atoms with Gasteiger partial charge in [0.15, 0.2) is 0 Å². The third-order valence-electron chi connectivity index (χ3n) is 4.21. The summed E-state index contributed by atoms with van der Waals surface area (Å²) in [7, 11) is 0. The maximum absolute atomic E-state index is 9.50. The Labute approximate surface area is 162 Å². The number of hydrogen-bond acceptors (Lipinski definition) is 4. The van der Waals surface area contributed by atoms with Gasteiger partial charge < -0.3 is 5.32 Å². The molecular weight excluding hydrogens is 362 g/mol. The second-order valence-corrected chi connectivity index (χ2v) is 7.38. The zero-order chi connectivity index (χ0) is 18.7. The van der Waals surface area contributed by atoms with E-state index in [0.29, 0.717) is 15.6 Å². The molecule has 0 spiro atoms. The van der Waals surface area contributed by atoms with E-state index in [-0.39, 0.29) is 0 Å². The van der Waals surface area contributed by atoms with Gasteiger partial charge in [0, 0.05) is 27.9 Å². The van der Waals surface area contributed by atoms with Crippen LogP contribution in [0.1, 0.15) is 21.7 Å². The molecule has 0 unspecified atom stereocenters. The maximum Gasteiger partial charge on any atom is 0.136 e. The number of allylic oxidation sites excluding steroid dienone is 1. The van der Waals surface area contributed by atoms with Crippen molar-refractivity contribution in [3.8, 4) is 17.3 Å². The fourth-order valence-electron chi connectivity index (χ4n) is 2.41. The van der Waals surface area contributed by atoms with Crippen molar-refractivity contribution in [2.24, 2.45) is 0 Å². The van der Waals surface area contributed by atoms with Gasteiger partial charge in [0.1, 0.15) is 16.6 Å². The van der Waals surface area contributed by atoms with Gasteiger partial charge in [-0.05, 0) is 55.7 Å². The molecule has 0 aliphatic carbocycles. The molecule has 3 rings (SSSR count). The number of hydrogen-bond donors (Lipinski definition) is 1. The summed E-state index contributed by atoms with van der Waals surface area (Å²) >= 11 is 7.60. The lowest BCUT2D eigenvalue weighted by Crippen LogP contribution is -1.92. The first-order valence-electron chi connectivity index (χ1n) is 8.14. The fourth-order valence-corrected chi connectivity index (χ4v) is 3.39. The van der Waals surface area contributed by atoms with E-state index in [1.165, 1.54) is 22.5 Å². The normalized spacial score (nSPS) is 11.3. The predicted octanol–water partition coefficient (Wildman–Crippen LogP) is 6.37. The van der Waals surface area contributed by atoms with Crippen molar-refractivity contribution >= 4 is 34.2 Å². The molecule has 2 aromatic carbocycles. The molecule has 1 N–H and O–H groups in total. The molecule has 0 aliphatic heterocycles. The highest BCUT2D eigenvalue weighted by atomic mass is 35.5. The molecule has 1 aromatic heterocycles. The summed E-state index contributed by atoms with van der Waals surface area (Å²) in [4.78, 5) is 4.63. The molecule has 0 amide bonds. The molecule has 0 bridgehead atoms. The number of benzene rings is 2. The summed E-state index contributed by atoms with van der Waals surface area (Å²) in [6.07, 6.45) is 1.67. The molecule has 0 fully saturated rings. The van der Waals surface area contributed by atoms with Crippen molar-refractivity contribution in [3.05, 3.63) is 74.7 Å². The van der Waals surface area contributed by atoms with Gasteiger partial charge in [0.2, 0.25) is 0 Å². The van der Waals surface area contributed by atoms with E-state index < -0.39 is 0 Å². The highest BCUT2D eigenvalue weighted by Crippen LogP contribution is 2.27. The summed E-state index contributed by atoms with van der Waals surface area (Å²) in [6, 6.07) is 14.2. The molecule has 26 heavy (non-hydrogen) atoms. The van der Waals surface area contributed by atoms with Gasteiger partial charge in [-0.1, -0.05) is 29.8 Å². The van der Waals surface area contributed by atoms with Gasteiger partial charge in [-0.25, -0.2) is 4.98 Å². The van der Waals surface area contributed by atoms with E-state index in [4.69, 9.17) is 11.6 Å². The maximum atomic E-state index is 9.50. The van der Waals surface area contributed by atoms with Crippen LogP contribution in [-0.2, 0) is 0 Å². The molecule has 0 radical (unpaired) electrons. The highest BCUT2D eigenvalue weighted by molar-refractivity contribution is 7.11. The minimum atomic E-state index is 0.488. The van der Waals surface area contributed by atoms with Crippen LogP contribution < -0.4 is 5.32 Å². The monoisotopic (exact) mass is 379 g/mol. The average Bonchev–Trinajstić information content (AvgIpc) is 3.11. The average molecular weight is 380 g/mol. The smallest absolute Gasteiger partial charge is 0.136 e. The lowest BCUT2D eigenvalue weighted by atomic mass is 10.1. The van der Waals surface area contributed by atoms with Crippen LogP contribution in [0.3, 0.4) is 0 Å². The van der Waals surface area contributed by atoms with Gasteiger partial charge in [-0.2, -0.15) is 5.26 Å². The summed E-state index contributed by atoms with van der Waals surface area (Å²) < 4.78 is 0. The van der Waals surface area contributed by atoms with Crippen LogP contribution in [0.25, 0.3) is 16.8 Å². The van der Waals surface area contributed by atoms with E-state index in [9.17, 15) is 5.26 Å². The number of nitrogens with one attached hydrogen (secondary N) is 1. The number of halogens is 1. The van der Waals surface area contributed by atoms with Crippen LogP contribution in [0.2, 0.25) is 5.02 Å². The number of aromatic nitrogens is 1. The molecule has 0 atom stereocenters. The van der Waals surface area contributed by atoms with Crippen molar-refractivity contribution in [2.75, 3.05) is 5.32 Å². The van der Waals surface area contributed by atoms with Crippen molar-refractivity contribution in [3.63, 3.8) is 0 Å². The fraction of sp³-hybridized carbons (Fsp3) is 0.143. The van der Waals surface area contributed by atoms with Crippen LogP contribution in [0.4, 0.5) is 5.69 Å². The molecule has 0 aliphatic rings. The van der Waals surface area contributed by atoms with E-state index in [1.54, 1.807) is 6.20 Å².